The molecule has 37 heavy (non-hydrogen) atoms. The number of ether oxygens (including phenoxy) is 3. The van der Waals surface area contributed by atoms with Crippen molar-refractivity contribution in [1.29, 1.82) is 0 Å². The second-order valence-electron chi connectivity index (χ2n) is 7.95. The van der Waals surface area contributed by atoms with E-state index in [1.807, 2.05) is 13.8 Å². The van der Waals surface area contributed by atoms with E-state index in [9.17, 15) is 19.2 Å². The van der Waals surface area contributed by atoms with Gasteiger partial charge in [-0.1, -0.05) is 19.0 Å². The van der Waals surface area contributed by atoms with Gasteiger partial charge in [-0.3, -0.25) is 14.5 Å². The molecule has 2 aliphatic heterocycles. The van der Waals surface area contributed by atoms with Gasteiger partial charge in [-0.2, -0.15) is 0 Å². The predicted molar refractivity (Wildman–Crippen MR) is 138 cm³/mol. The first-order chi connectivity index (χ1) is 17.1. The molecule has 1 aromatic heterocycles. The molecule has 16 heteroatoms. The first-order valence-corrected chi connectivity index (χ1v) is 13.0. The molecule has 3 atom stereocenters. The number of nitrogen functional groups attached to an aromatic ring is 1. The topological polar surface area (TPSA) is 172 Å². The van der Waals surface area contributed by atoms with Crippen molar-refractivity contribution in [1.82, 2.24) is 15.2 Å². The summed E-state index contributed by atoms with van der Waals surface area (Å²) < 4.78 is 14.6. The number of anilines is 1. The van der Waals surface area contributed by atoms with Crippen molar-refractivity contribution in [3.8, 4) is 0 Å². The van der Waals surface area contributed by atoms with Gasteiger partial charge in [-0.05, 0) is 18.9 Å². The molecule has 0 spiro atoms. The van der Waals surface area contributed by atoms with E-state index in [4.69, 9.17) is 20.0 Å². The molecule has 3 N–H and O–H groups in total. The van der Waals surface area contributed by atoms with E-state index in [1.54, 1.807) is 12.3 Å². The van der Waals surface area contributed by atoms with Crippen molar-refractivity contribution in [2.24, 2.45) is 11.1 Å². The van der Waals surface area contributed by atoms with Crippen LogP contribution in [0.1, 0.15) is 33.4 Å². The lowest BCUT2D eigenvalue weighted by molar-refractivity contribution is -0.168. The van der Waals surface area contributed by atoms with Crippen LogP contribution in [0.25, 0.3) is 0 Å². The van der Waals surface area contributed by atoms with Crippen LogP contribution in [0.2, 0.25) is 0 Å². The number of hydrogen-bond acceptors (Lipinski definition) is 13. The van der Waals surface area contributed by atoms with E-state index >= 15 is 0 Å². The van der Waals surface area contributed by atoms with E-state index in [1.165, 1.54) is 29.7 Å². The average Bonchev–Trinajstić information content (AvgIpc) is 3.24. The predicted octanol–water partition coefficient (Wildman–Crippen LogP) is 1.87. The zero-order valence-electron chi connectivity index (χ0n) is 20.5. The molecule has 1 saturated heterocycles. The van der Waals surface area contributed by atoms with Gasteiger partial charge < -0.3 is 30.1 Å². The second-order valence-corrected chi connectivity index (χ2v) is 9.99. The number of amides is 2. The Morgan fingerprint density at radius 3 is 2.65 bits per heavy atom. The number of oxime groups is 1. The van der Waals surface area contributed by atoms with Gasteiger partial charge in [-0.15, -0.1) is 35.5 Å². The Morgan fingerprint density at radius 2 is 2.03 bits per heavy atom. The minimum Gasteiger partial charge on any atom is -0.435 e. The molecule has 0 saturated carbocycles. The summed E-state index contributed by atoms with van der Waals surface area (Å²) in [6.07, 6.45) is -0.683. The second kappa shape index (κ2) is 13.5. The quantitative estimate of drug-likeness (QED) is 0.137. The first-order valence-electron chi connectivity index (χ1n) is 11.0. The number of nitrogens with one attached hydrogen (secondary N) is 1. The number of rotatable bonds is 10. The van der Waals surface area contributed by atoms with Gasteiger partial charge in [0.2, 0.25) is 6.29 Å². The summed E-state index contributed by atoms with van der Waals surface area (Å²) in [4.78, 5) is 60.5. The van der Waals surface area contributed by atoms with Gasteiger partial charge in [0.05, 0.1) is 6.61 Å². The zero-order chi connectivity index (χ0) is 26.4. The maximum Gasteiger partial charge on any atom is 0.511 e. The largest absolute Gasteiger partial charge is 0.511 e. The monoisotopic (exact) mass is 577 g/mol. The van der Waals surface area contributed by atoms with E-state index in [0.29, 0.717) is 5.75 Å². The third-order valence-corrected chi connectivity index (χ3v) is 6.54. The molecule has 204 valence electrons. The van der Waals surface area contributed by atoms with Crippen molar-refractivity contribution in [2.75, 3.05) is 24.7 Å². The van der Waals surface area contributed by atoms with Crippen molar-refractivity contribution in [2.45, 2.75) is 45.4 Å². The molecule has 3 rings (SSSR count). The number of esters is 1. The van der Waals surface area contributed by atoms with Gasteiger partial charge in [-0.25, -0.2) is 14.6 Å². The molecule has 0 aromatic carbocycles. The lowest BCUT2D eigenvalue weighted by atomic mass is 10.0. The van der Waals surface area contributed by atoms with Crippen LogP contribution in [0.3, 0.4) is 0 Å². The maximum atomic E-state index is 13.0. The zero-order valence-corrected chi connectivity index (χ0v) is 22.9. The molecule has 0 bridgehead atoms. The molecular weight excluding hydrogens is 550 g/mol. The third-order valence-electron chi connectivity index (χ3n) is 4.68. The van der Waals surface area contributed by atoms with Gasteiger partial charge >= 0.3 is 12.1 Å². The molecular formula is C21H28ClN5O8S2. The Bertz CT molecular complexity index is 1080. The van der Waals surface area contributed by atoms with Crippen LogP contribution >= 0.6 is 35.5 Å². The van der Waals surface area contributed by atoms with Gasteiger partial charge in [0, 0.05) is 18.1 Å². The van der Waals surface area contributed by atoms with Crippen molar-refractivity contribution in [3.05, 3.63) is 22.8 Å². The number of fused-ring (bicyclic) bond motifs is 1. The summed E-state index contributed by atoms with van der Waals surface area (Å²) >= 11 is 2.49. The highest BCUT2D eigenvalue weighted by Crippen LogP contribution is 2.38. The number of thiazole rings is 1. The number of hydrogen-bond donors (Lipinski definition) is 2. The molecule has 1 aromatic rings. The summed E-state index contributed by atoms with van der Waals surface area (Å²) in [5.41, 5.74) is 5.79. The molecule has 1 fully saturated rings. The van der Waals surface area contributed by atoms with Gasteiger partial charge in [0.1, 0.15) is 29.4 Å². The SMILES string of the molecule is CCOC(=O)OC(C)OC(=O)C1=CCS[C@@H]2C(NC(=O)/C(=N\OCC(C)C)c3csc(N)n3)C(=O)N12.Cl. The van der Waals surface area contributed by atoms with Crippen LogP contribution in [0, 0.1) is 5.92 Å². The third kappa shape index (κ3) is 7.49. The Morgan fingerprint density at radius 1 is 1.30 bits per heavy atom. The van der Waals surface area contributed by atoms with Gasteiger partial charge in [0.15, 0.2) is 10.8 Å². The standard InChI is InChI=1S/C21H27N5O8S2.ClH/c1-5-31-21(30)34-11(4)33-19(29)13-6-7-35-18-15(17(28)26(13)18)24-16(27)14(25-32-8-10(2)3)12-9-36-20(22)23-12;/h6,9-11,15,18H,5,7-8H2,1-4H3,(H2,22,23)(H,24,27);1H/b25-14-;/t11?,15?,18-;/m1./s1. The van der Waals surface area contributed by atoms with Crippen LogP contribution in [0.4, 0.5) is 9.93 Å². The van der Waals surface area contributed by atoms with Gasteiger partial charge in [0.25, 0.3) is 11.8 Å². The number of nitrogens with zero attached hydrogens (tertiary/aromatic N) is 3. The van der Waals surface area contributed by atoms with Crippen LogP contribution in [0.15, 0.2) is 22.3 Å². The van der Waals surface area contributed by atoms with Crippen molar-refractivity contribution < 1.29 is 38.2 Å². The molecule has 2 unspecified atom stereocenters. The average molecular weight is 578 g/mol. The molecule has 2 amide bonds. The summed E-state index contributed by atoms with van der Waals surface area (Å²) in [5.74, 6) is -1.47. The Balaban J connectivity index is 0.00000481. The number of carbonyl (C=O) groups is 4. The summed E-state index contributed by atoms with van der Waals surface area (Å²) in [6.45, 7) is 7.19. The fraction of sp³-hybridized carbons (Fsp3) is 0.524. The number of thioether (sulfide) groups is 1. The molecule has 0 radical (unpaired) electrons. The van der Waals surface area contributed by atoms with Crippen LogP contribution in [-0.4, -0.2) is 76.2 Å². The number of carbonyl (C=O) groups excluding carboxylic acids is 4. The molecule has 2 aliphatic rings. The Labute approximate surface area is 227 Å². The highest BCUT2D eigenvalue weighted by molar-refractivity contribution is 8.00. The number of β-lactam (4-membered cyclic amide) rings is 1. The van der Waals surface area contributed by atoms with Crippen LogP contribution in [0.5, 0.6) is 0 Å². The van der Waals surface area contributed by atoms with Crippen LogP contribution in [-0.2, 0) is 33.4 Å². The van der Waals surface area contributed by atoms with E-state index in [0.717, 1.165) is 11.3 Å². The lowest BCUT2D eigenvalue weighted by Gasteiger charge is -2.48. The lowest BCUT2D eigenvalue weighted by Crippen LogP contribution is -2.70. The fourth-order valence-corrected chi connectivity index (χ4v) is 4.86. The molecule has 3 heterocycles. The first kappa shape index (κ1) is 30.2. The minimum atomic E-state index is -1.23. The molecule has 0 aliphatic carbocycles. The summed E-state index contributed by atoms with van der Waals surface area (Å²) in [7, 11) is 0. The van der Waals surface area contributed by atoms with E-state index in [-0.39, 0.29) is 53.8 Å². The number of nitrogens with two attached hydrogens (primary N) is 1. The normalized spacial score (nSPS) is 19.5. The highest BCUT2D eigenvalue weighted by Gasteiger charge is 2.53. The number of halogens is 1. The smallest absolute Gasteiger partial charge is 0.435 e. The Hall–Kier alpha value is -3.04. The number of aromatic nitrogens is 1. The fourth-order valence-electron chi connectivity index (χ4n) is 3.11. The maximum absolute atomic E-state index is 13.0. The van der Waals surface area contributed by atoms with Crippen LogP contribution < -0.4 is 11.1 Å². The highest BCUT2D eigenvalue weighted by atomic mass is 35.5. The van der Waals surface area contributed by atoms with Crippen molar-refractivity contribution in [3.63, 3.8) is 0 Å². The van der Waals surface area contributed by atoms with Crippen molar-refractivity contribution >= 4 is 70.3 Å². The van der Waals surface area contributed by atoms with E-state index < -0.39 is 41.6 Å². The minimum absolute atomic E-state index is 0. The van der Waals surface area contributed by atoms with E-state index in [2.05, 4.69) is 20.2 Å². The molecule has 13 nitrogen and oxygen atoms in total. The Kier molecular flexibility index (Phi) is 11.0. The summed E-state index contributed by atoms with van der Waals surface area (Å²) in [6, 6.07) is -0.918. The summed E-state index contributed by atoms with van der Waals surface area (Å²) in [5, 5.41) is 7.84.